The van der Waals surface area contributed by atoms with Gasteiger partial charge in [0.25, 0.3) is 0 Å². The van der Waals surface area contributed by atoms with Crippen LogP contribution in [0.4, 0.5) is 24.8 Å². The normalized spacial score (nSPS) is 23.4. The second kappa shape index (κ2) is 11.1. The number of benzene rings is 1. The maximum Gasteiger partial charge on any atom is 0.433 e. The van der Waals surface area contributed by atoms with E-state index in [0.29, 0.717) is 49.5 Å². The van der Waals surface area contributed by atoms with Gasteiger partial charge in [0, 0.05) is 37.1 Å². The number of hydrogen-bond acceptors (Lipinski definition) is 8. The maximum absolute atomic E-state index is 13.1. The molecule has 40 heavy (non-hydrogen) atoms. The van der Waals surface area contributed by atoms with Crippen molar-refractivity contribution in [3.8, 4) is 16.5 Å². The number of carbonyl (C=O) groups excluding carboxylic acids is 1. The van der Waals surface area contributed by atoms with E-state index in [9.17, 15) is 28.3 Å². The average molecular weight is 571 g/mol. The third-order valence-corrected chi connectivity index (χ3v) is 8.79. The first-order chi connectivity index (χ1) is 19.0. The molecule has 2 N–H and O–H groups in total. The number of halogens is 3. The number of piperidine rings is 1. The second-order valence-electron chi connectivity index (χ2n) is 10.6. The van der Waals surface area contributed by atoms with E-state index in [2.05, 4.69) is 26.3 Å². The lowest BCUT2D eigenvalue weighted by molar-refractivity contribution is -0.141. The molecule has 1 aliphatic carbocycles. The van der Waals surface area contributed by atoms with Crippen LogP contribution >= 0.6 is 11.3 Å². The van der Waals surface area contributed by atoms with E-state index in [1.807, 2.05) is 17.9 Å². The van der Waals surface area contributed by atoms with E-state index in [-0.39, 0.29) is 23.7 Å². The quantitative estimate of drug-likeness (QED) is 0.398. The fourth-order valence-electron chi connectivity index (χ4n) is 5.42. The van der Waals surface area contributed by atoms with Crippen LogP contribution < -0.4 is 5.32 Å². The molecule has 1 saturated heterocycles. The van der Waals surface area contributed by atoms with E-state index < -0.39 is 17.5 Å². The summed E-state index contributed by atoms with van der Waals surface area (Å²) in [5, 5.41) is 24.1. The lowest BCUT2D eigenvalue weighted by Crippen LogP contribution is -2.45. The van der Waals surface area contributed by atoms with Gasteiger partial charge in [-0.1, -0.05) is 6.07 Å². The van der Waals surface area contributed by atoms with Crippen LogP contribution in [-0.4, -0.2) is 44.0 Å². The van der Waals surface area contributed by atoms with Gasteiger partial charge < -0.3 is 15.3 Å². The third kappa shape index (κ3) is 6.10. The lowest BCUT2D eigenvalue weighted by atomic mass is 9.78. The van der Waals surface area contributed by atoms with Crippen molar-refractivity contribution in [3.63, 3.8) is 0 Å². The first-order valence-corrected chi connectivity index (χ1v) is 14.0. The number of hydrogen-bond donors (Lipinski definition) is 2. The van der Waals surface area contributed by atoms with Crippen LogP contribution in [0.1, 0.15) is 54.8 Å². The molecule has 1 saturated carbocycles. The number of aryl methyl sites for hydroxylation is 1. The fourth-order valence-corrected chi connectivity index (χ4v) is 6.47. The summed E-state index contributed by atoms with van der Waals surface area (Å²) < 4.78 is 39.1. The van der Waals surface area contributed by atoms with Crippen molar-refractivity contribution in [2.45, 2.75) is 57.2 Å². The van der Waals surface area contributed by atoms with Gasteiger partial charge in [-0.15, -0.1) is 11.3 Å². The van der Waals surface area contributed by atoms with Gasteiger partial charge in [0.2, 0.25) is 11.9 Å². The molecule has 1 aromatic carbocycles. The van der Waals surface area contributed by atoms with E-state index in [1.165, 1.54) is 11.3 Å². The fraction of sp³-hybridized carbons (Fsp3) is 0.464. The molecule has 3 heterocycles. The molecule has 0 bridgehead atoms. The Bertz CT molecular complexity index is 1430. The summed E-state index contributed by atoms with van der Waals surface area (Å²) in [6, 6.07) is 8.58. The number of aliphatic hydroxyl groups is 1. The minimum Gasteiger partial charge on any atom is -0.383 e. The van der Waals surface area contributed by atoms with Crippen LogP contribution in [0.3, 0.4) is 0 Å². The minimum atomic E-state index is -4.57. The summed E-state index contributed by atoms with van der Waals surface area (Å²) in [5.74, 6) is -0.362. The Labute approximate surface area is 233 Å². The number of likely N-dealkylation sites (tertiary alicyclic amines) is 1. The van der Waals surface area contributed by atoms with Gasteiger partial charge in [0.1, 0.15) is 16.3 Å². The number of rotatable bonds is 5. The molecular weight excluding hydrogens is 541 g/mol. The highest BCUT2D eigenvalue weighted by Gasteiger charge is 2.41. The van der Waals surface area contributed by atoms with E-state index in [0.717, 1.165) is 41.1 Å². The van der Waals surface area contributed by atoms with Gasteiger partial charge in [0.05, 0.1) is 16.9 Å². The number of thiazole rings is 1. The Morgan fingerprint density at radius 2 is 2.00 bits per heavy atom. The van der Waals surface area contributed by atoms with Crippen LogP contribution in [0.15, 0.2) is 36.7 Å². The Kier molecular flexibility index (Phi) is 7.79. The van der Waals surface area contributed by atoms with Gasteiger partial charge in [-0.05, 0) is 74.8 Å². The van der Waals surface area contributed by atoms with E-state index in [1.54, 1.807) is 18.3 Å². The molecule has 3 aromatic rings. The Morgan fingerprint density at radius 1 is 1.23 bits per heavy atom. The largest absolute Gasteiger partial charge is 0.433 e. The number of alkyl halides is 3. The predicted octanol–water partition coefficient (Wildman–Crippen LogP) is 5.81. The first-order valence-electron chi connectivity index (χ1n) is 13.2. The minimum absolute atomic E-state index is 0.0753. The van der Waals surface area contributed by atoms with Crippen molar-refractivity contribution in [3.05, 3.63) is 52.9 Å². The predicted molar refractivity (Wildman–Crippen MR) is 143 cm³/mol. The van der Waals surface area contributed by atoms with Crippen LogP contribution in [-0.2, 0) is 16.6 Å². The highest BCUT2D eigenvalue weighted by atomic mass is 32.1. The zero-order valence-electron chi connectivity index (χ0n) is 21.9. The molecule has 2 aliphatic rings. The van der Waals surface area contributed by atoms with E-state index >= 15 is 0 Å². The van der Waals surface area contributed by atoms with Crippen molar-refractivity contribution in [1.29, 1.82) is 5.26 Å². The van der Waals surface area contributed by atoms with Crippen LogP contribution in [0.2, 0.25) is 0 Å². The molecule has 1 atom stereocenters. The topological polar surface area (TPSA) is 115 Å². The van der Waals surface area contributed by atoms with Crippen molar-refractivity contribution in [1.82, 2.24) is 19.9 Å². The van der Waals surface area contributed by atoms with Crippen molar-refractivity contribution in [2.24, 2.45) is 11.8 Å². The molecule has 1 aliphatic heterocycles. The number of carbonyl (C=O) groups is 1. The summed E-state index contributed by atoms with van der Waals surface area (Å²) in [6.45, 7) is 3.04. The SMILES string of the molecule is Cc1cc(Nc2nccc(C(F)(F)F)n2)cc(-c2cnc([C@]3(O)CC[C@@H](C(=O)N4CCCC(C#N)C4)CC3)s2)c1. The average Bonchev–Trinajstić information content (AvgIpc) is 3.44. The summed E-state index contributed by atoms with van der Waals surface area (Å²) in [7, 11) is 0. The molecule has 1 amide bonds. The van der Waals surface area contributed by atoms with Crippen LogP contribution in [0.25, 0.3) is 10.4 Å². The molecule has 2 aromatic heterocycles. The molecular formula is C28H29F3N6O2S. The lowest BCUT2D eigenvalue weighted by Gasteiger charge is -2.37. The smallest absolute Gasteiger partial charge is 0.383 e. The number of aromatic nitrogens is 3. The number of amides is 1. The summed E-state index contributed by atoms with van der Waals surface area (Å²) in [6.07, 6.45) is 1.77. The molecule has 8 nitrogen and oxygen atoms in total. The molecule has 12 heteroatoms. The van der Waals surface area contributed by atoms with Gasteiger partial charge in [-0.2, -0.15) is 18.4 Å². The van der Waals surface area contributed by atoms with Crippen LogP contribution in [0.5, 0.6) is 0 Å². The Morgan fingerprint density at radius 3 is 2.73 bits per heavy atom. The van der Waals surface area contributed by atoms with Crippen molar-refractivity contribution in [2.75, 3.05) is 18.4 Å². The zero-order chi connectivity index (χ0) is 28.5. The standard InChI is InChI=1S/C28H29F3N6O2S/c1-17-11-20(13-21(12-17)35-26-33-9-6-23(36-26)28(29,30)31)22-15-34-25(40-22)27(39)7-4-19(5-8-27)24(38)37-10-2-3-18(14-32)16-37/h6,9,11-13,15,18-19,39H,2-5,7-8,10,16H2,1H3,(H,33,35,36)/t18?,19-,27+. The molecule has 1 unspecified atom stereocenters. The second-order valence-corrected chi connectivity index (χ2v) is 11.6. The zero-order valence-corrected chi connectivity index (χ0v) is 22.7. The molecule has 210 valence electrons. The molecule has 5 rings (SSSR count). The van der Waals surface area contributed by atoms with Gasteiger partial charge in [-0.3, -0.25) is 4.79 Å². The third-order valence-electron chi connectivity index (χ3n) is 7.55. The summed E-state index contributed by atoms with van der Waals surface area (Å²) >= 11 is 1.36. The van der Waals surface area contributed by atoms with Crippen molar-refractivity contribution >= 4 is 28.9 Å². The summed E-state index contributed by atoms with van der Waals surface area (Å²) in [4.78, 5) is 27.7. The number of nitrogens with zero attached hydrogens (tertiary/aromatic N) is 5. The number of nitriles is 1. The van der Waals surface area contributed by atoms with Crippen LogP contribution in [0, 0.1) is 30.1 Å². The van der Waals surface area contributed by atoms with Gasteiger partial charge in [0.15, 0.2) is 0 Å². The van der Waals surface area contributed by atoms with Gasteiger partial charge >= 0.3 is 6.18 Å². The molecule has 2 fully saturated rings. The number of nitrogens with one attached hydrogen (secondary N) is 1. The summed E-state index contributed by atoms with van der Waals surface area (Å²) in [5.41, 5.74) is 0.0298. The highest BCUT2D eigenvalue weighted by Crippen LogP contribution is 2.43. The van der Waals surface area contributed by atoms with Gasteiger partial charge in [-0.25, -0.2) is 15.0 Å². The molecule has 0 spiro atoms. The Balaban J connectivity index is 1.27. The highest BCUT2D eigenvalue weighted by molar-refractivity contribution is 7.15. The van der Waals surface area contributed by atoms with Crippen molar-refractivity contribution < 1.29 is 23.1 Å². The Hall–Kier alpha value is -3.56. The molecule has 0 radical (unpaired) electrons. The monoisotopic (exact) mass is 570 g/mol. The first kappa shape index (κ1) is 28.0. The van der Waals surface area contributed by atoms with E-state index in [4.69, 9.17) is 0 Å². The maximum atomic E-state index is 13.1. The number of anilines is 2.